The summed E-state index contributed by atoms with van der Waals surface area (Å²) in [6.45, 7) is 8.35. The summed E-state index contributed by atoms with van der Waals surface area (Å²) < 4.78 is 0. The number of carbonyl (C=O) groups is 2. The van der Waals surface area contributed by atoms with Gasteiger partial charge in [-0.05, 0) is 20.3 Å². The number of carbonyl (C=O) groups excluding carboxylic acids is 2. The molecule has 10 heteroatoms. The van der Waals surface area contributed by atoms with Gasteiger partial charge in [0.25, 0.3) is 5.91 Å². The van der Waals surface area contributed by atoms with Crippen LogP contribution in [0.3, 0.4) is 0 Å². The van der Waals surface area contributed by atoms with Gasteiger partial charge in [-0.2, -0.15) is 0 Å². The van der Waals surface area contributed by atoms with Gasteiger partial charge in [-0.15, -0.1) is 0 Å². The highest BCUT2D eigenvalue weighted by Gasteiger charge is 2.28. The topological polar surface area (TPSA) is 87.7 Å². The molecule has 1 aliphatic heterocycles. The summed E-state index contributed by atoms with van der Waals surface area (Å²) in [4.78, 5) is 41.7. The Balaban J connectivity index is 1.97. The predicted octanol–water partition coefficient (Wildman–Crippen LogP) is 2.52. The van der Waals surface area contributed by atoms with Crippen LogP contribution in [0.25, 0.3) is 0 Å². The quantitative estimate of drug-likeness (QED) is 0.279. The number of nitrogens with one attached hydrogen (secondary N) is 1. The van der Waals surface area contributed by atoms with Gasteiger partial charge in [0.05, 0.1) is 12.4 Å². The number of aromatic nitrogens is 2. The highest BCUT2D eigenvalue weighted by Crippen LogP contribution is 2.24. The van der Waals surface area contributed by atoms with Crippen molar-refractivity contribution in [3.8, 4) is 0 Å². The highest BCUT2D eigenvalue weighted by atomic mass is 35.5. The largest absolute Gasteiger partial charge is 0.353 e. The molecule has 1 fully saturated rings. The van der Waals surface area contributed by atoms with E-state index in [2.05, 4.69) is 27.3 Å². The van der Waals surface area contributed by atoms with Crippen molar-refractivity contribution < 1.29 is 14.4 Å². The Morgan fingerprint density at radius 1 is 1.36 bits per heavy atom. The molecule has 1 unspecified atom stereocenters. The number of halogens is 1. The van der Waals surface area contributed by atoms with Gasteiger partial charge in [-0.3, -0.25) is 14.4 Å². The van der Waals surface area contributed by atoms with Crippen LogP contribution in [0.5, 0.6) is 0 Å². The van der Waals surface area contributed by atoms with E-state index < -0.39 is 0 Å². The van der Waals surface area contributed by atoms with E-state index in [0.29, 0.717) is 48.8 Å². The first kappa shape index (κ1) is 22.7. The van der Waals surface area contributed by atoms with Gasteiger partial charge < -0.3 is 9.80 Å². The van der Waals surface area contributed by atoms with Crippen molar-refractivity contribution >= 4 is 41.0 Å². The molecule has 1 saturated heterocycles. The highest BCUT2D eigenvalue weighted by molar-refractivity contribution is 7.99. The van der Waals surface area contributed by atoms with E-state index in [4.69, 9.17) is 16.4 Å². The summed E-state index contributed by atoms with van der Waals surface area (Å²) >= 11 is 7.36. The Morgan fingerprint density at radius 2 is 2.14 bits per heavy atom. The van der Waals surface area contributed by atoms with Gasteiger partial charge in [0.1, 0.15) is 11.0 Å². The molecule has 1 aliphatic rings. The van der Waals surface area contributed by atoms with Crippen LogP contribution in [0.2, 0.25) is 5.15 Å². The monoisotopic (exact) mass is 429 g/mol. The van der Waals surface area contributed by atoms with E-state index in [9.17, 15) is 9.59 Å². The van der Waals surface area contributed by atoms with Crippen molar-refractivity contribution in [3.05, 3.63) is 11.2 Å². The van der Waals surface area contributed by atoms with E-state index >= 15 is 0 Å². The van der Waals surface area contributed by atoms with Crippen LogP contribution in [0.1, 0.15) is 40.0 Å². The minimum atomic E-state index is -0.259. The smallest absolute Gasteiger partial charge is 0.254 e. The SMILES string of the molecule is CCCCC(=O)N1CCN(c2cc(Cl)nc(SCC(=O)NOCC)n2)CC1C. The molecule has 1 N–H and O–H groups in total. The molecule has 156 valence electrons. The zero-order valence-corrected chi connectivity index (χ0v) is 18.2. The van der Waals surface area contributed by atoms with Crippen molar-refractivity contribution in [1.82, 2.24) is 20.3 Å². The Hall–Kier alpha value is -1.58. The maximum absolute atomic E-state index is 12.4. The van der Waals surface area contributed by atoms with Gasteiger partial charge in [-0.25, -0.2) is 15.4 Å². The van der Waals surface area contributed by atoms with Crippen LogP contribution in [-0.2, 0) is 14.4 Å². The molecule has 28 heavy (non-hydrogen) atoms. The van der Waals surface area contributed by atoms with Crippen molar-refractivity contribution in [2.75, 3.05) is 36.9 Å². The van der Waals surface area contributed by atoms with Crippen molar-refractivity contribution in [2.24, 2.45) is 0 Å². The lowest BCUT2D eigenvalue weighted by Crippen LogP contribution is -2.54. The van der Waals surface area contributed by atoms with Crippen LogP contribution in [0.15, 0.2) is 11.2 Å². The second-order valence-corrected chi connectivity index (χ2v) is 7.89. The molecule has 1 aromatic rings. The summed E-state index contributed by atoms with van der Waals surface area (Å²) in [7, 11) is 0. The number of hydrogen-bond donors (Lipinski definition) is 1. The summed E-state index contributed by atoms with van der Waals surface area (Å²) in [5, 5.41) is 0.759. The number of nitrogens with zero attached hydrogens (tertiary/aromatic N) is 4. The van der Waals surface area contributed by atoms with Crippen molar-refractivity contribution in [2.45, 2.75) is 51.2 Å². The second-order valence-electron chi connectivity index (χ2n) is 6.56. The lowest BCUT2D eigenvalue weighted by Gasteiger charge is -2.40. The normalized spacial score (nSPS) is 16.9. The number of rotatable bonds is 9. The van der Waals surface area contributed by atoms with Crippen LogP contribution in [0, 0.1) is 0 Å². The van der Waals surface area contributed by atoms with Gasteiger partial charge in [0, 0.05) is 38.2 Å². The molecule has 1 atom stereocenters. The van der Waals surface area contributed by atoms with Crippen LogP contribution < -0.4 is 10.4 Å². The average molecular weight is 430 g/mol. The Morgan fingerprint density at radius 3 is 2.82 bits per heavy atom. The zero-order valence-electron chi connectivity index (χ0n) is 16.6. The average Bonchev–Trinajstić information content (AvgIpc) is 2.68. The molecular formula is C18H28ClN5O3S. The van der Waals surface area contributed by atoms with Crippen LogP contribution in [0.4, 0.5) is 5.82 Å². The van der Waals surface area contributed by atoms with Gasteiger partial charge in [0.15, 0.2) is 5.16 Å². The van der Waals surface area contributed by atoms with E-state index in [1.807, 2.05) is 11.8 Å². The maximum Gasteiger partial charge on any atom is 0.254 e. The molecule has 0 saturated carbocycles. The number of hydrogen-bond acceptors (Lipinski definition) is 7. The fraction of sp³-hybridized carbons (Fsp3) is 0.667. The number of amides is 2. The molecule has 2 rings (SSSR count). The zero-order chi connectivity index (χ0) is 20.5. The number of hydroxylamine groups is 1. The first-order chi connectivity index (χ1) is 13.4. The van der Waals surface area contributed by atoms with E-state index in [1.165, 1.54) is 11.8 Å². The van der Waals surface area contributed by atoms with Crippen LogP contribution in [-0.4, -0.2) is 64.7 Å². The molecule has 8 nitrogen and oxygen atoms in total. The molecule has 2 amide bonds. The van der Waals surface area contributed by atoms with Crippen molar-refractivity contribution in [1.29, 1.82) is 0 Å². The molecular weight excluding hydrogens is 402 g/mol. The third-order valence-corrected chi connectivity index (χ3v) is 5.38. The Kier molecular flexibility index (Phi) is 9.27. The number of anilines is 1. The van der Waals surface area contributed by atoms with E-state index in [1.54, 1.807) is 13.0 Å². The summed E-state index contributed by atoms with van der Waals surface area (Å²) in [5.41, 5.74) is 2.33. The second kappa shape index (κ2) is 11.4. The first-order valence-electron chi connectivity index (χ1n) is 9.57. The molecule has 0 bridgehead atoms. The predicted molar refractivity (Wildman–Crippen MR) is 110 cm³/mol. The number of piperazine rings is 1. The maximum atomic E-state index is 12.4. The van der Waals surface area contributed by atoms with Gasteiger partial charge in [0.2, 0.25) is 5.91 Å². The fourth-order valence-corrected chi connectivity index (χ4v) is 3.80. The first-order valence-corrected chi connectivity index (χ1v) is 10.9. The number of unbranched alkanes of at least 4 members (excludes halogenated alkanes) is 1. The molecule has 0 radical (unpaired) electrons. The Bertz CT molecular complexity index is 679. The van der Waals surface area contributed by atoms with E-state index in [0.717, 1.165) is 12.8 Å². The molecule has 0 aliphatic carbocycles. The minimum Gasteiger partial charge on any atom is -0.353 e. The van der Waals surface area contributed by atoms with E-state index in [-0.39, 0.29) is 23.6 Å². The summed E-state index contributed by atoms with van der Waals surface area (Å²) in [6, 6.07) is 1.81. The minimum absolute atomic E-state index is 0.0971. The standard InChI is InChI=1S/C18H28ClN5O3S/c1-4-6-7-17(26)24-9-8-23(11-13(24)3)15-10-14(19)20-18(21-15)28-12-16(25)22-27-5-2/h10,13H,4-9,11-12H2,1-3H3,(H,22,25). The lowest BCUT2D eigenvalue weighted by molar-refractivity contribution is -0.133. The number of thioether (sulfide) groups is 1. The molecule has 1 aromatic heterocycles. The van der Waals surface area contributed by atoms with Gasteiger partial charge in [-0.1, -0.05) is 36.7 Å². The molecule has 0 aromatic carbocycles. The lowest BCUT2D eigenvalue weighted by atomic mass is 10.1. The molecule has 2 heterocycles. The summed E-state index contributed by atoms with van der Waals surface area (Å²) in [5.74, 6) is 0.798. The fourth-order valence-electron chi connectivity index (χ4n) is 2.93. The van der Waals surface area contributed by atoms with Gasteiger partial charge >= 0.3 is 0 Å². The Labute approximate surface area is 175 Å². The van der Waals surface area contributed by atoms with Crippen LogP contribution >= 0.6 is 23.4 Å². The third-order valence-electron chi connectivity index (χ3n) is 4.34. The third kappa shape index (κ3) is 6.79. The molecule has 0 spiro atoms. The summed E-state index contributed by atoms with van der Waals surface area (Å²) in [6.07, 6.45) is 2.54. The van der Waals surface area contributed by atoms with Crippen molar-refractivity contribution in [3.63, 3.8) is 0 Å².